The van der Waals surface area contributed by atoms with Gasteiger partial charge < -0.3 is 20.1 Å². The Morgan fingerprint density at radius 3 is 2.33 bits per heavy atom. The Bertz CT molecular complexity index is 992. The molecule has 5 aliphatic rings. The summed E-state index contributed by atoms with van der Waals surface area (Å²) in [7, 11) is 1.84. The van der Waals surface area contributed by atoms with Crippen LogP contribution in [0.15, 0.2) is 11.1 Å². The standard InChI is InChI=1S/C36H59IN2O4/c1-24(2)21-38-35(42)36(20-27-10-4-8-14-31(27)37)30-13-7-6-12-29(30)34(41)39(22-28-11-5-9-15-32(28)43-3)33(36)26-18-16-25(23-40)17-19-26/h24-28,31-33,40H,4-23H2,1-3H3,(H,38,42)/t25?,26?,27?,28?,31?,32?,33-,36-/m0/s1. The first kappa shape index (κ1) is 33.7. The Balaban J connectivity index is 1.65. The molecule has 244 valence electrons. The lowest BCUT2D eigenvalue weighted by Gasteiger charge is -2.57. The third-order valence-corrected chi connectivity index (χ3v) is 13.7. The van der Waals surface area contributed by atoms with Gasteiger partial charge in [0.05, 0.1) is 17.6 Å². The lowest BCUT2D eigenvalue weighted by molar-refractivity contribution is -0.150. The molecule has 0 aromatic heterocycles. The molecule has 4 unspecified atom stereocenters. The molecule has 0 spiro atoms. The van der Waals surface area contributed by atoms with Crippen LogP contribution in [0.5, 0.6) is 0 Å². The Hall–Kier alpha value is -0.670. The van der Waals surface area contributed by atoms with Gasteiger partial charge >= 0.3 is 0 Å². The third-order valence-electron chi connectivity index (χ3n) is 12.0. The molecule has 4 aliphatic carbocycles. The first-order valence-corrected chi connectivity index (χ1v) is 19.1. The molecule has 0 bridgehead atoms. The predicted octanol–water partition coefficient (Wildman–Crippen LogP) is 7.21. The normalized spacial score (nSPS) is 37.4. The zero-order valence-electron chi connectivity index (χ0n) is 27.3. The van der Waals surface area contributed by atoms with E-state index in [0.717, 1.165) is 76.2 Å². The van der Waals surface area contributed by atoms with Gasteiger partial charge in [0, 0.05) is 42.2 Å². The van der Waals surface area contributed by atoms with Crippen LogP contribution < -0.4 is 5.32 Å². The van der Waals surface area contributed by atoms with Crippen molar-refractivity contribution in [3.63, 3.8) is 0 Å². The Labute approximate surface area is 275 Å². The number of methoxy groups -OCH3 is 1. The highest BCUT2D eigenvalue weighted by molar-refractivity contribution is 14.1. The summed E-state index contributed by atoms with van der Waals surface area (Å²) in [4.78, 5) is 32.2. The van der Waals surface area contributed by atoms with Gasteiger partial charge in [-0.1, -0.05) is 62.1 Å². The molecule has 2 amide bonds. The van der Waals surface area contributed by atoms with Crippen LogP contribution in [0.4, 0.5) is 0 Å². The maximum atomic E-state index is 15.1. The molecule has 5 rings (SSSR count). The highest BCUT2D eigenvalue weighted by Gasteiger charge is 2.60. The molecular formula is C36H59IN2O4. The van der Waals surface area contributed by atoms with Crippen molar-refractivity contribution in [2.75, 3.05) is 26.8 Å². The van der Waals surface area contributed by atoms with Crippen LogP contribution in [0.3, 0.4) is 0 Å². The summed E-state index contributed by atoms with van der Waals surface area (Å²) in [6.07, 6.45) is 18.2. The number of rotatable bonds is 10. The van der Waals surface area contributed by atoms with Gasteiger partial charge in [0.1, 0.15) is 0 Å². The van der Waals surface area contributed by atoms with Gasteiger partial charge in [-0.05, 0) is 113 Å². The van der Waals surface area contributed by atoms with Gasteiger partial charge in [-0.2, -0.15) is 0 Å². The summed E-state index contributed by atoms with van der Waals surface area (Å²) in [6, 6.07) is -0.117. The number of carbonyl (C=O) groups excluding carboxylic acids is 2. The van der Waals surface area contributed by atoms with Crippen LogP contribution >= 0.6 is 22.6 Å². The topological polar surface area (TPSA) is 78.9 Å². The second-order valence-electron chi connectivity index (χ2n) is 15.2. The van der Waals surface area contributed by atoms with E-state index in [2.05, 4.69) is 46.7 Å². The molecule has 0 aromatic rings. The van der Waals surface area contributed by atoms with Crippen LogP contribution in [0.2, 0.25) is 0 Å². The van der Waals surface area contributed by atoms with Crippen molar-refractivity contribution in [1.82, 2.24) is 10.2 Å². The number of amides is 2. The number of aliphatic hydroxyl groups excluding tert-OH is 1. The van der Waals surface area contributed by atoms with Gasteiger partial charge in [0.25, 0.3) is 0 Å². The first-order chi connectivity index (χ1) is 20.8. The molecule has 1 aliphatic heterocycles. The number of nitrogens with one attached hydrogen (secondary N) is 1. The number of halogens is 1. The van der Waals surface area contributed by atoms with E-state index in [-0.39, 0.29) is 36.5 Å². The van der Waals surface area contributed by atoms with Crippen molar-refractivity contribution in [3.05, 3.63) is 11.1 Å². The van der Waals surface area contributed by atoms with Gasteiger partial charge in [-0.25, -0.2) is 0 Å². The van der Waals surface area contributed by atoms with Crippen molar-refractivity contribution in [2.24, 2.45) is 35.0 Å². The fourth-order valence-corrected chi connectivity index (χ4v) is 10.8. The number of alkyl halides is 1. The molecule has 7 heteroatoms. The van der Waals surface area contributed by atoms with Crippen LogP contribution in [0.1, 0.15) is 123 Å². The highest BCUT2D eigenvalue weighted by atomic mass is 127. The van der Waals surface area contributed by atoms with Crippen molar-refractivity contribution < 1.29 is 19.4 Å². The lowest BCUT2D eigenvalue weighted by Crippen LogP contribution is -2.66. The molecule has 43 heavy (non-hydrogen) atoms. The van der Waals surface area contributed by atoms with Gasteiger partial charge in [-0.15, -0.1) is 0 Å². The summed E-state index contributed by atoms with van der Waals surface area (Å²) in [5, 5.41) is 13.5. The second-order valence-corrected chi connectivity index (χ2v) is 16.8. The average molecular weight is 711 g/mol. The number of ether oxygens (including phenoxy) is 1. The number of hydrogen-bond acceptors (Lipinski definition) is 4. The Morgan fingerprint density at radius 2 is 1.65 bits per heavy atom. The highest BCUT2D eigenvalue weighted by Crippen LogP contribution is 2.56. The van der Waals surface area contributed by atoms with Gasteiger partial charge in [0.15, 0.2) is 0 Å². The molecule has 6 nitrogen and oxygen atoms in total. The van der Waals surface area contributed by atoms with Crippen LogP contribution in [0.25, 0.3) is 0 Å². The van der Waals surface area contributed by atoms with E-state index >= 15 is 4.79 Å². The summed E-state index contributed by atoms with van der Waals surface area (Å²) in [5.74, 6) is 2.21. The molecule has 3 saturated carbocycles. The average Bonchev–Trinajstić information content (AvgIpc) is 3.03. The molecule has 3 fully saturated rings. The largest absolute Gasteiger partial charge is 0.396 e. The third kappa shape index (κ3) is 7.18. The SMILES string of the molecule is COC1CCCCC1CN1C(=O)C2=C(CCCC2)[C@](CC2CCCCC2I)(C(=O)NCC(C)C)[C@@H]1C1CCC(CO)CC1. The summed E-state index contributed by atoms with van der Waals surface area (Å²) >= 11 is 2.68. The molecule has 2 N–H and O–H groups in total. The molecule has 6 atom stereocenters. The Kier molecular flexibility index (Phi) is 12.0. The first-order valence-electron chi connectivity index (χ1n) is 17.9. The minimum atomic E-state index is -0.669. The predicted molar refractivity (Wildman–Crippen MR) is 181 cm³/mol. The fourth-order valence-electron chi connectivity index (χ4n) is 9.73. The fraction of sp³-hybridized carbons (Fsp3) is 0.889. The van der Waals surface area contributed by atoms with E-state index in [1.807, 2.05) is 7.11 Å². The van der Waals surface area contributed by atoms with Gasteiger partial charge in [-0.3, -0.25) is 9.59 Å². The minimum Gasteiger partial charge on any atom is -0.396 e. The zero-order chi connectivity index (χ0) is 30.6. The number of aliphatic hydroxyl groups is 1. The summed E-state index contributed by atoms with van der Waals surface area (Å²) < 4.78 is 6.61. The Morgan fingerprint density at radius 1 is 0.977 bits per heavy atom. The van der Waals surface area contributed by atoms with E-state index in [1.165, 1.54) is 44.1 Å². The van der Waals surface area contributed by atoms with Crippen molar-refractivity contribution in [3.8, 4) is 0 Å². The van der Waals surface area contributed by atoms with Crippen molar-refractivity contribution in [2.45, 2.75) is 139 Å². The van der Waals surface area contributed by atoms with Crippen molar-refractivity contribution >= 4 is 34.4 Å². The molecular weight excluding hydrogens is 651 g/mol. The van der Waals surface area contributed by atoms with Crippen LogP contribution in [0, 0.1) is 35.0 Å². The molecule has 0 radical (unpaired) electrons. The monoisotopic (exact) mass is 710 g/mol. The van der Waals surface area contributed by atoms with E-state index < -0.39 is 5.41 Å². The second kappa shape index (κ2) is 15.3. The summed E-state index contributed by atoms with van der Waals surface area (Å²) in [6.45, 7) is 5.98. The quantitative estimate of drug-likeness (QED) is 0.186. The van der Waals surface area contributed by atoms with E-state index in [4.69, 9.17) is 4.74 Å². The number of nitrogens with zero attached hydrogens (tertiary/aromatic N) is 1. The number of carbonyl (C=O) groups is 2. The van der Waals surface area contributed by atoms with E-state index in [1.54, 1.807) is 0 Å². The molecule has 0 saturated heterocycles. The lowest BCUT2D eigenvalue weighted by atomic mass is 9.55. The maximum Gasteiger partial charge on any atom is 0.250 e. The van der Waals surface area contributed by atoms with E-state index in [9.17, 15) is 9.90 Å². The summed E-state index contributed by atoms with van der Waals surface area (Å²) in [5.41, 5.74) is 1.53. The maximum absolute atomic E-state index is 15.1. The molecule has 1 heterocycles. The van der Waals surface area contributed by atoms with Crippen molar-refractivity contribution in [1.29, 1.82) is 0 Å². The van der Waals surface area contributed by atoms with Crippen LogP contribution in [-0.2, 0) is 14.3 Å². The minimum absolute atomic E-state index is 0.117. The van der Waals surface area contributed by atoms with E-state index in [0.29, 0.717) is 40.7 Å². The smallest absolute Gasteiger partial charge is 0.250 e. The number of hydrogen-bond donors (Lipinski definition) is 2. The van der Waals surface area contributed by atoms with Crippen LogP contribution in [-0.4, -0.2) is 64.7 Å². The molecule has 0 aromatic carbocycles. The zero-order valence-corrected chi connectivity index (χ0v) is 29.4. The van der Waals surface area contributed by atoms with Gasteiger partial charge in [0.2, 0.25) is 11.8 Å².